The van der Waals surface area contributed by atoms with E-state index in [9.17, 15) is 4.79 Å². The van der Waals surface area contributed by atoms with Gasteiger partial charge in [-0.05, 0) is 48.4 Å². The zero-order valence-electron chi connectivity index (χ0n) is 12.3. The van der Waals surface area contributed by atoms with Crippen LogP contribution in [0, 0.1) is 0 Å². The zero-order valence-corrected chi connectivity index (χ0v) is 13.1. The Labute approximate surface area is 134 Å². The van der Waals surface area contributed by atoms with Crippen molar-refractivity contribution in [2.45, 2.75) is 6.42 Å². The smallest absolute Gasteiger partial charge is 0.262 e. The molecule has 4 nitrogen and oxygen atoms in total. The maximum absolute atomic E-state index is 12.0. The van der Waals surface area contributed by atoms with Gasteiger partial charge in [0, 0.05) is 30.0 Å². The van der Waals surface area contributed by atoms with Crippen molar-refractivity contribution in [2.24, 2.45) is 0 Å². The van der Waals surface area contributed by atoms with Crippen LogP contribution in [0.2, 0.25) is 5.02 Å². The van der Waals surface area contributed by atoms with E-state index in [0.717, 1.165) is 18.7 Å². The normalized spacial score (nSPS) is 12.9. The lowest BCUT2D eigenvalue weighted by atomic mass is 10.1. The fraction of sp³-hybridized carbons (Fsp3) is 0.235. The molecule has 114 valence electrons. The van der Waals surface area contributed by atoms with Crippen molar-refractivity contribution in [2.75, 3.05) is 30.4 Å². The van der Waals surface area contributed by atoms with Gasteiger partial charge in [-0.25, -0.2) is 0 Å². The number of nitrogens with zero attached hydrogens (tertiary/aromatic N) is 1. The molecule has 0 radical (unpaired) electrons. The highest BCUT2D eigenvalue weighted by Crippen LogP contribution is 2.29. The second-order valence-electron chi connectivity index (χ2n) is 5.31. The molecule has 1 aliphatic rings. The first-order valence-electron chi connectivity index (χ1n) is 7.14. The van der Waals surface area contributed by atoms with E-state index in [2.05, 4.69) is 23.3 Å². The molecule has 3 rings (SSSR count). The minimum atomic E-state index is -0.185. The molecule has 2 aromatic rings. The van der Waals surface area contributed by atoms with Gasteiger partial charge in [-0.2, -0.15) is 0 Å². The zero-order chi connectivity index (χ0) is 15.5. The molecule has 1 amide bonds. The molecule has 0 aromatic heterocycles. The van der Waals surface area contributed by atoms with Crippen LogP contribution in [0.4, 0.5) is 11.4 Å². The van der Waals surface area contributed by atoms with Gasteiger partial charge in [-0.3, -0.25) is 4.79 Å². The highest BCUT2D eigenvalue weighted by molar-refractivity contribution is 6.30. The Balaban J connectivity index is 1.58. The monoisotopic (exact) mass is 316 g/mol. The summed E-state index contributed by atoms with van der Waals surface area (Å²) in [6.07, 6.45) is 1.06. The summed E-state index contributed by atoms with van der Waals surface area (Å²) >= 11 is 5.80. The number of halogens is 1. The van der Waals surface area contributed by atoms with Crippen molar-refractivity contribution in [1.82, 2.24) is 0 Å². The number of hydrogen-bond acceptors (Lipinski definition) is 3. The Hall–Kier alpha value is -2.20. The van der Waals surface area contributed by atoms with E-state index in [1.165, 1.54) is 11.3 Å². The van der Waals surface area contributed by atoms with Crippen molar-refractivity contribution < 1.29 is 9.53 Å². The van der Waals surface area contributed by atoms with E-state index in [1.807, 2.05) is 12.1 Å². The van der Waals surface area contributed by atoms with E-state index >= 15 is 0 Å². The maximum atomic E-state index is 12.0. The van der Waals surface area contributed by atoms with E-state index < -0.39 is 0 Å². The van der Waals surface area contributed by atoms with Crippen molar-refractivity contribution in [3.05, 3.63) is 53.1 Å². The molecule has 0 saturated carbocycles. The third-order valence-electron chi connectivity index (χ3n) is 3.68. The summed E-state index contributed by atoms with van der Waals surface area (Å²) in [5.74, 6) is 0.434. The predicted octanol–water partition coefficient (Wildman–Crippen LogP) is 3.35. The molecular formula is C17H17ClN2O2. The molecule has 0 unspecified atom stereocenters. The second-order valence-corrected chi connectivity index (χ2v) is 5.74. The molecule has 2 aromatic carbocycles. The van der Waals surface area contributed by atoms with Gasteiger partial charge in [0.2, 0.25) is 0 Å². The van der Waals surface area contributed by atoms with Crippen LogP contribution in [0.15, 0.2) is 42.5 Å². The first-order chi connectivity index (χ1) is 10.6. The van der Waals surface area contributed by atoms with Gasteiger partial charge >= 0.3 is 0 Å². The summed E-state index contributed by atoms with van der Waals surface area (Å²) in [5, 5.41) is 3.50. The third kappa shape index (κ3) is 3.34. The Kier molecular flexibility index (Phi) is 4.20. The van der Waals surface area contributed by atoms with Crippen LogP contribution in [-0.2, 0) is 11.2 Å². The van der Waals surface area contributed by atoms with E-state index in [4.69, 9.17) is 16.3 Å². The summed E-state index contributed by atoms with van der Waals surface area (Å²) < 4.78 is 5.43. The summed E-state index contributed by atoms with van der Waals surface area (Å²) in [6, 6.07) is 12.9. The van der Waals surface area contributed by atoms with Crippen LogP contribution in [-0.4, -0.2) is 26.1 Å². The fourth-order valence-corrected chi connectivity index (χ4v) is 2.62. The number of amides is 1. The van der Waals surface area contributed by atoms with E-state index in [0.29, 0.717) is 10.8 Å². The van der Waals surface area contributed by atoms with Crippen LogP contribution in [0.3, 0.4) is 0 Å². The standard InChI is InChI=1S/C17H17ClN2O2/c1-20-9-8-12-2-5-14(10-16(12)20)19-17(21)11-22-15-6-3-13(18)4-7-15/h2-7,10H,8-9,11H2,1H3,(H,19,21). The van der Waals surface area contributed by atoms with Crippen LogP contribution in [0.25, 0.3) is 0 Å². The lowest BCUT2D eigenvalue weighted by molar-refractivity contribution is -0.118. The summed E-state index contributed by atoms with van der Waals surface area (Å²) in [6.45, 7) is 0.987. The van der Waals surface area contributed by atoms with Gasteiger partial charge in [-0.15, -0.1) is 0 Å². The summed E-state index contributed by atoms with van der Waals surface area (Å²) in [5.41, 5.74) is 3.28. The number of anilines is 2. The summed E-state index contributed by atoms with van der Waals surface area (Å²) in [7, 11) is 2.06. The Bertz CT molecular complexity index is 686. The Morgan fingerprint density at radius 2 is 2.05 bits per heavy atom. The van der Waals surface area contributed by atoms with Crippen molar-refractivity contribution in [3.63, 3.8) is 0 Å². The number of nitrogens with one attached hydrogen (secondary N) is 1. The number of rotatable bonds is 4. The molecule has 0 bridgehead atoms. The molecule has 22 heavy (non-hydrogen) atoms. The molecule has 0 aliphatic carbocycles. The largest absolute Gasteiger partial charge is 0.484 e. The van der Waals surface area contributed by atoms with Gasteiger partial charge < -0.3 is 15.0 Å². The Morgan fingerprint density at radius 3 is 2.82 bits per heavy atom. The number of likely N-dealkylation sites (N-methyl/N-ethyl adjacent to an activating group) is 1. The van der Waals surface area contributed by atoms with Gasteiger partial charge in [0.25, 0.3) is 5.91 Å². The molecule has 0 spiro atoms. The lowest BCUT2D eigenvalue weighted by Gasteiger charge is -2.13. The predicted molar refractivity (Wildman–Crippen MR) is 89.0 cm³/mol. The molecular weight excluding hydrogens is 300 g/mol. The topological polar surface area (TPSA) is 41.6 Å². The molecule has 1 heterocycles. The average molecular weight is 317 g/mol. The quantitative estimate of drug-likeness (QED) is 0.940. The van der Waals surface area contributed by atoms with Crippen LogP contribution < -0.4 is 15.0 Å². The first-order valence-corrected chi connectivity index (χ1v) is 7.52. The van der Waals surface area contributed by atoms with Crippen molar-refractivity contribution >= 4 is 28.9 Å². The van der Waals surface area contributed by atoms with Gasteiger partial charge in [0.05, 0.1) is 0 Å². The minimum absolute atomic E-state index is 0.0332. The van der Waals surface area contributed by atoms with E-state index in [1.54, 1.807) is 24.3 Å². The van der Waals surface area contributed by atoms with Gasteiger partial charge in [0.15, 0.2) is 6.61 Å². The molecule has 0 saturated heterocycles. The van der Waals surface area contributed by atoms with Crippen LogP contribution in [0.5, 0.6) is 5.75 Å². The number of fused-ring (bicyclic) bond motifs is 1. The van der Waals surface area contributed by atoms with Crippen LogP contribution in [0.1, 0.15) is 5.56 Å². The van der Waals surface area contributed by atoms with Crippen LogP contribution >= 0.6 is 11.6 Å². The molecule has 5 heteroatoms. The number of benzene rings is 2. The molecule has 1 N–H and O–H groups in total. The third-order valence-corrected chi connectivity index (χ3v) is 3.93. The number of ether oxygens (including phenoxy) is 1. The second kappa shape index (κ2) is 6.28. The maximum Gasteiger partial charge on any atom is 0.262 e. The summed E-state index contributed by atoms with van der Waals surface area (Å²) in [4.78, 5) is 14.1. The average Bonchev–Trinajstić information content (AvgIpc) is 2.88. The Morgan fingerprint density at radius 1 is 1.27 bits per heavy atom. The van der Waals surface area contributed by atoms with Crippen molar-refractivity contribution in [3.8, 4) is 5.75 Å². The SMILES string of the molecule is CN1CCc2ccc(NC(=O)COc3ccc(Cl)cc3)cc21. The van der Waals surface area contributed by atoms with E-state index in [-0.39, 0.29) is 12.5 Å². The van der Waals surface area contributed by atoms with Crippen molar-refractivity contribution in [1.29, 1.82) is 0 Å². The van der Waals surface area contributed by atoms with Gasteiger partial charge in [0.1, 0.15) is 5.75 Å². The molecule has 1 aliphatic heterocycles. The lowest BCUT2D eigenvalue weighted by Crippen LogP contribution is -2.20. The fourth-order valence-electron chi connectivity index (χ4n) is 2.49. The highest BCUT2D eigenvalue weighted by Gasteiger charge is 2.16. The van der Waals surface area contributed by atoms with Gasteiger partial charge in [-0.1, -0.05) is 17.7 Å². The number of hydrogen-bond donors (Lipinski definition) is 1. The number of carbonyl (C=O) groups excluding carboxylic acids is 1. The first kappa shape index (κ1) is 14.7. The highest BCUT2D eigenvalue weighted by atomic mass is 35.5. The molecule has 0 atom stereocenters. The molecule has 0 fully saturated rings. The number of carbonyl (C=O) groups is 1. The minimum Gasteiger partial charge on any atom is -0.484 e.